The van der Waals surface area contributed by atoms with Crippen molar-refractivity contribution in [2.75, 3.05) is 6.26 Å². The third kappa shape index (κ3) is 3.08. The Morgan fingerprint density at radius 3 is 2.52 bits per heavy atom. The molecule has 0 fully saturated rings. The number of thioether (sulfide) groups is 1. The number of nitrogens with one attached hydrogen (secondary N) is 1. The first-order valence-corrected chi connectivity index (χ1v) is 10.6. The highest BCUT2D eigenvalue weighted by Gasteiger charge is 2.35. The minimum absolute atomic E-state index is 0.156. The molecule has 1 atom stereocenters. The van der Waals surface area contributed by atoms with Crippen LogP contribution in [0.2, 0.25) is 0 Å². The number of amidine groups is 1. The van der Waals surface area contributed by atoms with Gasteiger partial charge < -0.3 is 0 Å². The quantitative estimate of drug-likeness (QED) is 0.738. The Labute approximate surface area is 170 Å². The average molecular weight is 443 g/mol. The standard InChI is InChI=1S/C20H19BrN4OS/c1-10-7-11(2)16(12(3)8-10)18-22-15-6-5-13(21)9-14(15)17-19(26)23-20(27-4)24-25(17)18/h5-9,18H,1-4H3,(H,23,24,26). The smallest absolute Gasteiger partial charge is 0.276 e. The number of nitrogens with zero attached hydrogens (tertiary/aromatic N) is 3. The highest BCUT2D eigenvalue weighted by atomic mass is 79.9. The topological polar surface area (TPSA) is 57.1 Å². The van der Waals surface area contributed by atoms with E-state index >= 15 is 0 Å². The summed E-state index contributed by atoms with van der Waals surface area (Å²) in [4.78, 5) is 17.9. The van der Waals surface area contributed by atoms with E-state index in [2.05, 4.69) is 54.2 Å². The van der Waals surface area contributed by atoms with Crippen LogP contribution in [0, 0.1) is 20.8 Å². The second kappa shape index (κ2) is 6.80. The van der Waals surface area contributed by atoms with Crippen LogP contribution in [0.4, 0.5) is 0 Å². The number of carbonyl (C=O) groups excluding carboxylic acids is 1. The first kappa shape index (κ1) is 18.3. The zero-order valence-corrected chi connectivity index (χ0v) is 17.9. The number of halogens is 1. The summed E-state index contributed by atoms with van der Waals surface area (Å²) in [7, 11) is 0. The monoisotopic (exact) mass is 442 g/mol. The van der Waals surface area contributed by atoms with Gasteiger partial charge in [-0.25, -0.2) is 5.01 Å². The molecule has 2 aromatic rings. The van der Waals surface area contributed by atoms with Crippen LogP contribution < -0.4 is 15.9 Å². The van der Waals surface area contributed by atoms with E-state index in [1.165, 1.54) is 17.3 Å². The van der Waals surface area contributed by atoms with Crippen molar-refractivity contribution in [3.05, 3.63) is 67.6 Å². The molecule has 2 aliphatic rings. The van der Waals surface area contributed by atoms with E-state index in [9.17, 15) is 4.79 Å². The molecule has 2 aliphatic heterocycles. The number of amides is 1. The Morgan fingerprint density at radius 2 is 1.85 bits per heavy atom. The summed E-state index contributed by atoms with van der Waals surface area (Å²) in [5.41, 5.74) is 5.12. The molecule has 4 rings (SSSR count). The normalized spacial score (nSPS) is 18.3. The lowest BCUT2D eigenvalue weighted by Gasteiger charge is -2.35. The highest BCUT2D eigenvalue weighted by Crippen LogP contribution is 2.34. The number of fused-ring (bicyclic) bond motifs is 2. The van der Waals surface area contributed by atoms with Gasteiger partial charge in [-0.3, -0.25) is 15.1 Å². The molecule has 7 heteroatoms. The van der Waals surface area contributed by atoms with Crippen molar-refractivity contribution in [1.82, 2.24) is 10.3 Å². The molecule has 0 aliphatic carbocycles. The first-order chi connectivity index (χ1) is 12.9. The molecule has 0 radical (unpaired) electrons. The Bertz CT molecular complexity index is 1100. The lowest BCUT2D eigenvalue weighted by Crippen LogP contribution is -2.50. The van der Waals surface area contributed by atoms with Gasteiger partial charge >= 0.3 is 0 Å². The van der Waals surface area contributed by atoms with Crippen LogP contribution in [0.25, 0.3) is 5.70 Å². The van der Waals surface area contributed by atoms with E-state index < -0.39 is 0 Å². The predicted octanol–water partition coefficient (Wildman–Crippen LogP) is 2.88. The predicted molar refractivity (Wildman–Crippen MR) is 113 cm³/mol. The molecular weight excluding hydrogens is 424 g/mol. The lowest BCUT2D eigenvalue weighted by atomic mass is 9.96. The lowest BCUT2D eigenvalue weighted by molar-refractivity contribution is -0.116. The van der Waals surface area contributed by atoms with Gasteiger partial charge in [0.05, 0.1) is 5.36 Å². The van der Waals surface area contributed by atoms with E-state index in [-0.39, 0.29) is 12.1 Å². The van der Waals surface area contributed by atoms with Crippen molar-refractivity contribution in [1.29, 1.82) is 0 Å². The number of carbonyl (C=O) groups is 1. The number of hydrogen-bond acceptors (Lipinski definition) is 5. The minimum atomic E-state index is -0.373. The molecule has 27 heavy (non-hydrogen) atoms. The van der Waals surface area contributed by atoms with Crippen LogP contribution in [-0.4, -0.2) is 22.3 Å². The van der Waals surface area contributed by atoms with E-state index in [1.54, 1.807) is 5.01 Å². The second-order valence-electron chi connectivity index (χ2n) is 6.73. The van der Waals surface area contributed by atoms with Gasteiger partial charge in [-0.15, -0.1) is 5.10 Å². The van der Waals surface area contributed by atoms with Gasteiger partial charge in [0.2, 0.25) is 0 Å². The molecule has 1 amide bonds. The highest BCUT2D eigenvalue weighted by molar-refractivity contribution is 9.10. The Hall–Kier alpha value is -2.12. The molecule has 0 aromatic heterocycles. The van der Waals surface area contributed by atoms with Crippen molar-refractivity contribution in [2.24, 2.45) is 10.1 Å². The van der Waals surface area contributed by atoms with Gasteiger partial charge in [0.1, 0.15) is 5.70 Å². The third-order valence-corrected chi connectivity index (χ3v) is 5.82. The molecule has 5 nitrogen and oxygen atoms in total. The largest absolute Gasteiger partial charge is 0.298 e. The van der Waals surface area contributed by atoms with Crippen molar-refractivity contribution < 1.29 is 4.79 Å². The second-order valence-corrected chi connectivity index (χ2v) is 8.44. The SMILES string of the molecule is CSC1=NN2C(=c3cc(Br)ccc3=NC2c2c(C)cc(C)cc2C)C(=O)N1. The zero-order valence-electron chi connectivity index (χ0n) is 15.5. The summed E-state index contributed by atoms with van der Waals surface area (Å²) in [5.74, 6) is -0.156. The minimum Gasteiger partial charge on any atom is -0.298 e. The van der Waals surface area contributed by atoms with Crippen LogP contribution in [0.3, 0.4) is 0 Å². The summed E-state index contributed by atoms with van der Waals surface area (Å²) >= 11 is 4.91. The first-order valence-electron chi connectivity index (χ1n) is 8.57. The van der Waals surface area contributed by atoms with Gasteiger partial charge in [-0.1, -0.05) is 45.4 Å². The summed E-state index contributed by atoms with van der Waals surface area (Å²) in [6, 6.07) is 10.1. The molecular formula is C20H19BrN4OS. The Kier molecular flexibility index (Phi) is 4.60. The fourth-order valence-electron chi connectivity index (χ4n) is 3.73. The molecule has 0 spiro atoms. The maximum Gasteiger partial charge on any atom is 0.276 e. The molecule has 2 heterocycles. The maximum absolute atomic E-state index is 12.9. The van der Waals surface area contributed by atoms with Gasteiger partial charge in [-0.2, -0.15) is 0 Å². The van der Waals surface area contributed by atoms with E-state index in [0.29, 0.717) is 10.9 Å². The molecule has 0 saturated heterocycles. The molecule has 1 N–H and O–H groups in total. The van der Waals surface area contributed by atoms with Crippen molar-refractivity contribution >= 4 is 44.5 Å². The van der Waals surface area contributed by atoms with Crippen LogP contribution in [0.5, 0.6) is 0 Å². The molecule has 138 valence electrons. The summed E-state index contributed by atoms with van der Waals surface area (Å²) in [6.07, 6.45) is 1.52. The van der Waals surface area contributed by atoms with Crippen molar-refractivity contribution in [3.8, 4) is 0 Å². The van der Waals surface area contributed by atoms with Crippen molar-refractivity contribution in [2.45, 2.75) is 26.9 Å². The Morgan fingerprint density at radius 1 is 1.15 bits per heavy atom. The summed E-state index contributed by atoms with van der Waals surface area (Å²) < 4.78 is 0.900. The number of benzene rings is 2. The van der Waals surface area contributed by atoms with Crippen LogP contribution in [-0.2, 0) is 4.79 Å². The summed E-state index contributed by atoms with van der Waals surface area (Å²) in [6.45, 7) is 6.26. The fourth-order valence-corrected chi connectivity index (χ4v) is 4.46. The van der Waals surface area contributed by atoms with Gasteiger partial charge in [0, 0.05) is 15.3 Å². The maximum atomic E-state index is 12.9. The van der Waals surface area contributed by atoms with E-state index in [4.69, 9.17) is 10.1 Å². The summed E-state index contributed by atoms with van der Waals surface area (Å²) in [5, 5.41) is 11.5. The Balaban J connectivity index is 2.05. The fraction of sp³-hybridized carbons (Fsp3) is 0.250. The number of hydrogen-bond donors (Lipinski definition) is 1. The number of hydrazone groups is 1. The van der Waals surface area contributed by atoms with Crippen LogP contribution in [0.1, 0.15) is 28.4 Å². The van der Waals surface area contributed by atoms with Gasteiger partial charge in [-0.05, 0) is 56.4 Å². The van der Waals surface area contributed by atoms with Gasteiger partial charge in [0.15, 0.2) is 11.3 Å². The van der Waals surface area contributed by atoms with Crippen molar-refractivity contribution in [3.63, 3.8) is 0 Å². The molecule has 0 saturated carbocycles. The van der Waals surface area contributed by atoms with Crippen LogP contribution in [0.15, 0.2) is 44.9 Å². The third-order valence-electron chi connectivity index (χ3n) is 4.76. The molecule has 1 unspecified atom stereocenters. The average Bonchev–Trinajstić information content (AvgIpc) is 2.60. The number of rotatable bonds is 1. The van der Waals surface area contributed by atoms with E-state index in [1.807, 2.05) is 24.5 Å². The molecule has 2 aromatic carbocycles. The number of aryl methyl sites for hydroxylation is 3. The molecule has 0 bridgehead atoms. The van der Waals surface area contributed by atoms with E-state index in [0.717, 1.165) is 31.7 Å². The van der Waals surface area contributed by atoms with Crippen LogP contribution >= 0.6 is 27.7 Å². The van der Waals surface area contributed by atoms with Gasteiger partial charge in [0.25, 0.3) is 5.91 Å². The zero-order chi connectivity index (χ0) is 19.3.